The van der Waals surface area contributed by atoms with E-state index in [4.69, 9.17) is 10.5 Å². The third-order valence-electron chi connectivity index (χ3n) is 3.94. The Balaban J connectivity index is 2.14. The summed E-state index contributed by atoms with van der Waals surface area (Å²) < 4.78 is 4.93. The summed E-state index contributed by atoms with van der Waals surface area (Å²) in [6, 6.07) is 4.38. The summed E-state index contributed by atoms with van der Waals surface area (Å²) in [7, 11) is 1.37. The molecule has 2 unspecified atom stereocenters. The minimum atomic E-state index is -0.535. The molecule has 2 rings (SSSR count). The monoisotopic (exact) mass is 293 g/mol. The number of amides is 1. The topological polar surface area (TPSA) is 107 Å². The predicted molar refractivity (Wildman–Crippen MR) is 78.2 cm³/mol. The molecule has 21 heavy (non-hydrogen) atoms. The fourth-order valence-electron chi connectivity index (χ4n) is 2.81. The van der Waals surface area contributed by atoms with Gasteiger partial charge in [-0.3, -0.25) is 14.9 Å². The summed E-state index contributed by atoms with van der Waals surface area (Å²) in [6.45, 7) is 0.487. The molecule has 1 aliphatic carbocycles. The van der Waals surface area contributed by atoms with E-state index in [1.54, 1.807) is 6.07 Å². The Hall–Kier alpha value is -2.15. The first-order valence-electron chi connectivity index (χ1n) is 6.90. The molecule has 7 nitrogen and oxygen atoms in total. The number of carbonyl (C=O) groups is 1. The van der Waals surface area contributed by atoms with E-state index in [0.717, 1.165) is 19.3 Å². The van der Waals surface area contributed by atoms with Crippen molar-refractivity contribution in [1.82, 2.24) is 0 Å². The van der Waals surface area contributed by atoms with E-state index >= 15 is 0 Å². The number of carbonyl (C=O) groups excluding carboxylic acids is 1. The summed E-state index contributed by atoms with van der Waals surface area (Å²) in [5, 5.41) is 13.7. The third-order valence-corrected chi connectivity index (χ3v) is 3.94. The number of methoxy groups -OCH3 is 1. The van der Waals surface area contributed by atoms with Crippen LogP contribution in [-0.4, -0.2) is 24.5 Å². The van der Waals surface area contributed by atoms with Gasteiger partial charge in [0.25, 0.3) is 0 Å². The molecule has 0 aliphatic heterocycles. The van der Waals surface area contributed by atoms with Crippen molar-refractivity contribution in [2.24, 2.45) is 17.6 Å². The number of hydrogen-bond donors (Lipinski definition) is 2. The van der Waals surface area contributed by atoms with Crippen LogP contribution in [0.2, 0.25) is 0 Å². The summed E-state index contributed by atoms with van der Waals surface area (Å²) in [5.74, 6) is 0.121. The molecule has 1 aliphatic rings. The van der Waals surface area contributed by atoms with Gasteiger partial charge in [0.2, 0.25) is 5.91 Å². The van der Waals surface area contributed by atoms with Crippen LogP contribution in [0.5, 0.6) is 5.75 Å². The van der Waals surface area contributed by atoms with E-state index in [1.807, 2.05) is 0 Å². The molecule has 0 bridgehead atoms. The lowest BCUT2D eigenvalue weighted by atomic mass is 9.95. The highest BCUT2D eigenvalue weighted by atomic mass is 16.6. The lowest BCUT2D eigenvalue weighted by Gasteiger charge is -2.17. The van der Waals surface area contributed by atoms with Crippen LogP contribution in [0.15, 0.2) is 18.2 Å². The Bertz CT molecular complexity index is 547. The maximum Gasteiger partial charge on any atom is 0.312 e. The Morgan fingerprint density at radius 2 is 2.29 bits per heavy atom. The number of nitro groups is 1. The Morgan fingerprint density at radius 1 is 1.52 bits per heavy atom. The largest absolute Gasteiger partial charge is 0.490 e. The number of hydrogen-bond acceptors (Lipinski definition) is 5. The van der Waals surface area contributed by atoms with Crippen LogP contribution < -0.4 is 15.8 Å². The summed E-state index contributed by atoms with van der Waals surface area (Å²) in [5.41, 5.74) is 5.90. The highest BCUT2D eigenvalue weighted by Gasteiger charge is 2.32. The van der Waals surface area contributed by atoms with Gasteiger partial charge in [0, 0.05) is 17.7 Å². The number of ether oxygens (including phenoxy) is 1. The molecule has 1 saturated carbocycles. The van der Waals surface area contributed by atoms with Gasteiger partial charge in [0.15, 0.2) is 5.75 Å². The molecule has 0 saturated heterocycles. The van der Waals surface area contributed by atoms with Crippen molar-refractivity contribution in [1.29, 1.82) is 0 Å². The first kappa shape index (κ1) is 15.2. The molecule has 114 valence electrons. The van der Waals surface area contributed by atoms with Crippen molar-refractivity contribution < 1.29 is 14.5 Å². The van der Waals surface area contributed by atoms with Crippen molar-refractivity contribution in [3.8, 4) is 5.75 Å². The molecular weight excluding hydrogens is 274 g/mol. The number of nitro benzene ring substituents is 1. The van der Waals surface area contributed by atoms with Crippen molar-refractivity contribution in [3.05, 3.63) is 28.3 Å². The lowest BCUT2D eigenvalue weighted by molar-refractivity contribution is -0.385. The minimum Gasteiger partial charge on any atom is -0.490 e. The number of nitrogens with zero attached hydrogens (tertiary/aromatic N) is 1. The van der Waals surface area contributed by atoms with Gasteiger partial charge < -0.3 is 15.8 Å². The van der Waals surface area contributed by atoms with Crippen LogP contribution in [0.3, 0.4) is 0 Å². The van der Waals surface area contributed by atoms with E-state index < -0.39 is 4.92 Å². The maximum absolute atomic E-state index is 12.3. The molecule has 0 radical (unpaired) electrons. The van der Waals surface area contributed by atoms with E-state index in [1.165, 1.54) is 19.2 Å². The van der Waals surface area contributed by atoms with Gasteiger partial charge in [-0.1, -0.05) is 6.42 Å². The smallest absolute Gasteiger partial charge is 0.312 e. The van der Waals surface area contributed by atoms with Gasteiger partial charge in [0.1, 0.15) is 0 Å². The van der Waals surface area contributed by atoms with Crippen LogP contribution in [0.4, 0.5) is 11.4 Å². The molecule has 1 fully saturated rings. The van der Waals surface area contributed by atoms with Crippen LogP contribution in [0, 0.1) is 22.0 Å². The molecule has 1 aromatic rings. The van der Waals surface area contributed by atoms with Crippen molar-refractivity contribution >= 4 is 17.3 Å². The number of benzene rings is 1. The molecule has 0 aromatic heterocycles. The van der Waals surface area contributed by atoms with Gasteiger partial charge in [-0.2, -0.15) is 0 Å². The fraction of sp³-hybridized carbons (Fsp3) is 0.500. The summed E-state index contributed by atoms with van der Waals surface area (Å²) in [4.78, 5) is 22.7. The molecule has 0 spiro atoms. The second-order valence-electron chi connectivity index (χ2n) is 5.17. The van der Waals surface area contributed by atoms with Gasteiger partial charge in [-0.05, 0) is 37.4 Å². The van der Waals surface area contributed by atoms with Gasteiger partial charge in [-0.25, -0.2) is 0 Å². The zero-order valence-corrected chi connectivity index (χ0v) is 11.9. The number of nitrogens with two attached hydrogens (primary N) is 1. The average Bonchev–Trinajstić information content (AvgIpc) is 2.95. The Labute approximate surface area is 122 Å². The molecule has 2 atom stereocenters. The molecule has 0 heterocycles. The number of rotatable bonds is 5. The molecule has 7 heteroatoms. The highest BCUT2D eigenvalue weighted by molar-refractivity contribution is 5.93. The Morgan fingerprint density at radius 3 is 2.90 bits per heavy atom. The number of anilines is 1. The van der Waals surface area contributed by atoms with E-state index in [0.29, 0.717) is 12.2 Å². The minimum absolute atomic E-state index is 0.115. The second kappa shape index (κ2) is 6.53. The maximum atomic E-state index is 12.3. The highest BCUT2D eigenvalue weighted by Crippen LogP contribution is 2.33. The molecule has 1 amide bonds. The van der Waals surface area contributed by atoms with Gasteiger partial charge >= 0.3 is 5.69 Å². The van der Waals surface area contributed by atoms with Gasteiger partial charge in [-0.15, -0.1) is 0 Å². The fourth-order valence-corrected chi connectivity index (χ4v) is 2.81. The van der Waals surface area contributed by atoms with Crippen molar-refractivity contribution in [3.63, 3.8) is 0 Å². The SMILES string of the molecule is COc1ccc(NC(=O)C2CCCC2CN)cc1[N+](=O)[O-]. The summed E-state index contributed by atoms with van der Waals surface area (Å²) in [6.07, 6.45) is 2.76. The average molecular weight is 293 g/mol. The molecule has 3 N–H and O–H groups in total. The van der Waals surface area contributed by atoms with Crippen molar-refractivity contribution in [2.75, 3.05) is 19.0 Å². The normalized spacial score (nSPS) is 21.0. The van der Waals surface area contributed by atoms with Crippen LogP contribution in [0.25, 0.3) is 0 Å². The first-order chi connectivity index (χ1) is 10.1. The number of nitrogens with one attached hydrogen (secondary N) is 1. The standard InChI is InChI=1S/C14H19N3O4/c1-21-13-6-5-10(7-12(13)17(19)20)16-14(18)11-4-2-3-9(11)8-15/h5-7,9,11H,2-4,8,15H2,1H3,(H,16,18). The van der Waals surface area contributed by atoms with Crippen LogP contribution >= 0.6 is 0 Å². The molecular formula is C14H19N3O4. The van der Waals surface area contributed by atoms with Crippen molar-refractivity contribution in [2.45, 2.75) is 19.3 Å². The van der Waals surface area contributed by atoms with E-state index in [-0.39, 0.29) is 29.2 Å². The van der Waals surface area contributed by atoms with E-state index in [9.17, 15) is 14.9 Å². The Kier molecular flexibility index (Phi) is 4.74. The third kappa shape index (κ3) is 3.30. The molecule has 1 aromatic carbocycles. The first-order valence-corrected chi connectivity index (χ1v) is 6.90. The predicted octanol–water partition coefficient (Wildman–Crippen LogP) is 1.92. The quantitative estimate of drug-likeness (QED) is 0.637. The van der Waals surface area contributed by atoms with E-state index in [2.05, 4.69) is 5.32 Å². The van der Waals surface area contributed by atoms with Crippen LogP contribution in [-0.2, 0) is 4.79 Å². The zero-order valence-electron chi connectivity index (χ0n) is 11.9. The second-order valence-corrected chi connectivity index (χ2v) is 5.17. The van der Waals surface area contributed by atoms with Crippen LogP contribution in [0.1, 0.15) is 19.3 Å². The lowest BCUT2D eigenvalue weighted by Crippen LogP contribution is -2.29. The summed E-state index contributed by atoms with van der Waals surface area (Å²) >= 11 is 0. The van der Waals surface area contributed by atoms with Gasteiger partial charge in [0.05, 0.1) is 12.0 Å². The zero-order chi connectivity index (χ0) is 15.4.